The molecule has 3 aromatic rings. The van der Waals surface area contributed by atoms with Gasteiger partial charge in [0, 0.05) is 11.4 Å². The largest absolute Gasteiger partial charge is 0.382 e. The smallest absolute Gasteiger partial charge is 0.175 e. The van der Waals surface area contributed by atoms with Crippen LogP contribution >= 0.6 is 11.8 Å². The van der Waals surface area contributed by atoms with E-state index in [1.807, 2.05) is 6.92 Å². The molecule has 5 nitrogen and oxygen atoms in total. The zero-order valence-electron chi connectivity index (χ0n) is 17.4. The van der Waals surface area contributed by atoms with Crippen molar-refractivity contribution in [1.29, 1.82) is 0 Å². The normalized spacial score (nSPS) is 11.5. The average molecular weight is 384 g/mol. The second kappa shape index (κ2) is 7.50. The Kier molecular flexibility index (Phi) is 5.47. The molecule has 0 bridgehead atoms. The summed E-state index contributed by atoms with van der Waals surface area (Å²) in [6.07, 6.45) is 2.19. The number of hydrogen-bond acceptors (Lipinski definition) is 5. The van der Waals surface area contributed by atoms with Crippen molar-refractivity contribution >= 4 is 28.7 Å². The van der Waals surface area contributed by atoms with Crippen LogP contribution < -0.4 is 5.73 Å². The van der Waals surface area contributed by atoms with E-state index in [1.54, 1.807) is 11.8 Å². The summed E-state index contributed by atoms with van der Waals surface area (Å²) >= 11 is 1.72. The van der Waals surface area contributed by atoms with Crippen LogP contribution in [0.25, 0.3) is 11.2 Å². The van der Waals surface area contributed by atoms with Gasteiger partial charge in [-0.05, 0) is 75.8 Å². The first-order valence-electron chi connectivity index (χ1n) is 9.51. The third-order valence-electron chi connectivity index (χ3n) is 5.56. The van der Waals surface area contributed by atoms with Crippen LogP contribution in [0.5, 0.6) is 0 Å². The second-order valence-electron chi connectivity index (χ2n) is 7.28. The molecular formula is C21H29N5S. The number of aryl methyl sites for hydroxylation is 2. The molecule has 2 N–H and O–H groups in total. The van der Waals surface area contributed by atoms with Crippen LogP contribution in [0.4, 0.5) is 5.82 Å². The number of fused-ring (bicyclic) bond motifs is 1. The number of nitrogens with zero attached hydrogens (tertiary/aromatic N) is 4. The fraction of sp³-hybridized carbons (Fsp3) is 0.476. The van der Waals surface area contributed by atoms with Crippen molar-refractivity contribution in [3.05, 3.63) is 33.6 Å². The maximum atomic E-state index is 6.15. The second-order valence-corrected chi connectivity index (χ2v) is 8.26. The molecule has 27 heavy (non-hydrogen) atoms. The monoisotopic (exact) mass is 383 g/mol. The fourth-order valence-corrected chi connectivity index (χ4v) is 4.64. The lowest BCUT2D eigenvalue weighted by molar-refractivity contribution is 0.597. The molecule has 0 saturated heterocycles. The Bertz CT molecular complexity index is 991. The number of benzene rings is 1. The minimum atomic E-state index is 0.458. The van der Waals surface area contributed by atoms with E-state index in [0.29, 0.717) is 17.2 Å². The standard InChI is InChI=1S/C21H29N5S/c1-8-9-10-26-20-17(19(22)23-16(7)24-20)25-21(26)27-18-14(5)12(3)11(2)13(4)15(18)6/h8-10H2,1-7H3,(H2,22,23,24). The summed E-state index contributed by atoms with van der Waals surface area (Å²) in [5.41, 5.74) is 14.4. The van der Waals surface area contributed by atoms with Gasteiger partial charge in [0.1, 0.15) is 5.82 Å². The Balaban J connectivity index is 2.19. The first kappa shape index (κ1) is 19.7. The molecule has 0 spiro atoms. The number of imidazole rings is 1. The SMILES string of the molecule is CCCCn1c(Sc2c(C)c(C)c(C)c(C)c2C)nc2c(N)nc(C)nc21. The summed E-state index contributed by atoms with van der Waals surface area (Å²) in [5, 5.41) is 0.943. The molecule has 0 aliphatic heterocycles. The molecule has 0 atom stereocenters. The van der Waals surface area contributed by atoms with Gasteiger partial charge in [0.15, 0.2) is 22.1 Å². The lowest BCUT2D eigenvalue weighted by Crippen LogP contribution is -2.04. The fourth-order valence-electron chi connectivity index (χ4n) is 3.42. The van der Waals surface area contributed by atoms with Crippen LogP contribution in [0, 0.1) is 41.5 Å². The highest BCUT2D eigenvalue weighted by atomic mass is 32.2. The molecule has 6 heteroatoms. The van der Waals surface area contributed by atoms with Gasteiger partial charge in [0.25, 0.3) is 0 Å². The molecule has 0 amide bonds. The topological polar surface area (TPSA) is 69.6 Å². The van der Waals surface area contributed by atoms with Crippen LogP contribution in [-0.4, -0.2) is 19.5 Å². The van der Waals surface area contributed by atoms with E-state index < -0.39 is 0 Å². The Morgan fingerprint density at radius 1 is 0.852 bits per heavy atom. The van der Waals surface area contributed by atoms with Crippen molar-refractivity contribution in [2.75, 3.05) is 5.73 Å². The minimum absolute atomic E-state index is 0.458. The van der Waals surface area contributed by atoms with Crippen LogP contribution in [0.15, 0.2) is 10.1 Å². The Hall–Kier alpha value is -2.08. The van der Waals surface area contributed by atoms with Crippen molar-refractivity contribution in [1.82, 2.24) is 19.5 Å². The van der Waals surface area contributed by atoms with Crippen LogP contribution in [0.1, 0.15) is 53.4 Å². The number of hydrogen-bond donors (Lipinski definition) is 1. The lowest BCUT2D eigenvalue weighted by Gasteiger charge is -2.18. The van der Waals surface area contributed by atoms with Gasteiger partial charge in [-0.3, -0.25) is 0 Å². The maximum absolute atomic E-state index is 6.15. The van der Waals surface area contributed by atoms with Gasteiger partial charge < -0.3 is 10.3 Å². The van der Waals surface area contributed by atoms with E-state index in [2.05, 4.69) is 56.1 Å². The van der Waals surface area contributed by atoms with E-state index in [-0.39, 0.29) is 0 Å². The van der Waals surface area contributed by atoms with E-state index in [1.165, 1.54) is 32.7 Å². The lowest BCUT2D eigenvalue weighted by atomic mass is 9.95. The third kappa shape index (κ3) is 3.43. The average Bonchev–Trinajstić information content (AvgIpc) is 2.97. The number of aromatic nitrogens is 4. The molecule has 0 fully saturated rings. The molecule has 0 saturated carbocycles. The molecule has 2 aromatic heterocycles. The van der Waals surface area contributed by atoms with Crippen LogP contribution in [-0.2, 0) is 6.54 Å². The summed E-state index contributed by atoms with van der Waals surface area (Å²) in [6.45, 7) is 16.0. The van der Waals surface area contributed by atoms with Crippen molar-refractivity contribution in [2.24, 2.45) is 0 Å². The van der Waals surface area contributed by atoms with Gasteiger partial charge in [-0.15, -0.1) is 0 Å². The van der Waals surface area contributed by atoms with E-state index in [9.17, 15) is 0 Å². The minimum Gasteiger partial charge on any atom is -0.382 e. The summed E-state index contributed by atoms with van der Waals surface area (Å²) < 4.78 is 2.21. The van der Waals surface area contributed by atoms with Crippen LogP contribution in [0.3, 0.4) is 0 Å². The quantitative estimate of drug-likeness (QED) is 0.655. The molecular weight excluding hydrogens is 354 g/mol. The van der Waals surface area contributed by atoms with E-state index in [4.69, 9.17) is 10.7 Å². The predicted octanol–water partition coefficient (Wildman–Crippen LogP) is 5.21. The van der Waals surface area contributed by atoms with E-state index >= 15 is 0 Å². The Morgan fingerprint density at radius 2 is 1.44 bits per heavy atom. The summed E-state index contributed by atoms with van der Waals surface area (Å²) in [7, 11) is 0. The highest BCUT2D eigenvalue weighted by Crippen LogP contribution is 2.38. The molecule has 0 radical (unpaired) electrons. The number of nitrogens with two attached hydrogens (primary N) is 1. The number of unbranched alkanes of at least 4 members (excludes halogenated alkanes) is 1. The van der Waals surface area contributed by atoms with Crippen molar-refractivity contribution in [2.45, 2.75) is 77.9 Å². The summed E-state index contributed by atoms with van der Waals surface area (Å²) in [6, 6.07) is 0. The molecule has 2 heterocycles. The molecule has 0 aliphatic rings. The zero-order valence-corrected chi connectivity index (χ0v) is 18.2. The van der Waals surface area contributed by atoms with E-state index in [0.717, 1.165) is 30.2 Å². The van der Waals surface area contributed by atoms with Crippen molar-refractivity contribution in [3.63, 3.8) is 0 Å². The first-order valence-corrected chi connectivity index (χ1v) is 10.3. The summed E-state index contributed by atoms with van der Waals surface area (Å²) in [5.74, 6) is 1.14. The van der Waals surface area contributed by atoms with Crippen LogP contribution in [0.2, 0.25) is 0 Å². The molecule has 0 aliphatic carbocycles. The number of rotatable bonds is 5. The number of nitrogen functional groups attached to an aromatic ring is 1. The van der Waals surface area contributed by atoms with Gasteiger partial charge in [0.2, 0.25) is 0 Å². The molecule has 3 rings (SSSR count). The van der Waals surface area contributed by atoms with Gasteiger partial charge in [-0.25, -0.2) is 15.0 Å². The van der Waals surface area contributed by atoms with Crippen molar-refractivity contribution < 1.29 is 0 Å². The third-order valence-corrected chi connectivity index (χ3v) is 6.87. The van der Waals surface area contributed by atoms with Gasteiger partial charge >= 0.3 is 0 Å². The number of anilines is 1. The van der Waals surface area contributed by atoms with Gasteiger partial charge in [-0.2, -0.15) is 0 Å². The highest BCUT2D eigenvalue weighted by Gasteiger charge is 2.20. The first-order chi connectivity index (χ1) is 12.8. The molecule has 1 aromatic carbocycles. The molecule has 0 unspecified atom stereocenters. The maximum Gasteiger partial charge on any atom is 0.175 e. The van der Waals surface area contributed by atoms with Gasteiger partial charge in [0.05, 0.1) is 0 Å². The van der Waals surface area contributed by atoms with Gasteiger partial charge in [-0.1, -0.05) is 25.1 Å². The summed E-state index contributed by atoms with van der Waals surface area (Å²) in [4.78, 5) is 15.1. The zero-order chi connectivity index (χ0) is 19.9. The Morgan fingerprint density at radius 3 is 2.04 bits per heavy atom. The predicted molar refractivity (Wildman–Crippen MR) is 114 cm³/mol. The highest BCUT2D eigenvalue weighted by molar-refractivity contribution is 7.99. The molecule has 144 valence electrons. The van der Waals surface area contributed by atoms with Crippen molar-refractivity contribution in [3.8, 4) is 0 Å². The Labute approximate surface area is 165 Å².